The van der Waals surface area contributed by atoms with E-state index in [4.69, 9.17) is 0 Å². The summed E-state index contributed by atoms with van der Waals surface area (Å²) in [5.74, 6) is 0. The van der Waals surface area contributed by atoms with Gasteiger partial charge in [-0.2, -0.15) is 0 Å². The van der Waals surface area contributed by atoms with Gasteiger partial charge in [0.2, 0.25) is 0 Å². The summed E-state index contributed by atoms with van der Waals surface area (Å²) in [6.45, 7) is -0.160. The molecule has 0 aromatic heterocycles. The average Bonchev–Trinajstić information content (AvgIpc) is 2.01. The third kappa shape index (κ3) is 2.87. The molecule has 0 atom stereocenters. The largest absolute Gasteiger partial charge is 0.232 e. The fourth-order valence-corrected chi connectivity index (χ4v) is 1.21. The molecule has 1 rings (SSSR count). The van der Waals surface area contributed by atoms with E-state index in [1.807, 2.05) is 30.3 Å². The Hall–Kier alpha value is -0.600. The second-order valence-electron chi connectivity index (χ2n) is 2.12. The average molecular weight is 212 g/mol. The molecule has 0 saturated heterocycles. The maximum atomic E-state index is 10.1. The Morgan fingerprint density at radius 3 is 2.91 bits per heavy atom. The molecule has 0 aliphatic carbocycles. The Bertz CT molecular complexity index is 255. The van der Waals surface area contributed by atoms with Crippen LogP contribution in [0.15, 0.2) is 34.8 Å². The maximum Gasteiger partial charge on any atom is 0.101 e. The second kappa shape index (κ2) is 4.31. The van der Waals surface area contributed by atoms with Crippen molar-refractivity contribution in [2.45, 2.75) is 0 Å². The summed E-state index contributed by atoms with van der Waals surface area (Å²) < 4.78 is 1.03. The lowest BCUT2D eigenvalue weighted by atomic mass is 10.2. The third-order valence-electron chi connectivity index (χ3n) is 1.26. The number of hydrogen-bond donors (Lipinski definition) is 0. The summed E-state index contributed by atoms with van der Waals surface area (Å²) in [7, 11) is 0. The van der Waals surface area contributed by atoms with Crippen LogP contribution in [0, 0.1) is 0 Å². The zero-order valence-electron chi connectivity index (χ0n) is 5.96. The zero-order chi connectivity index (χ0) is 8.10. The number of hydrogen-bond acceptors (Lipinski definition) is 0. The van der Waals surface area contributed by atoms with Crippen LogP contribution in [0.5, 0.6) is 0 Å². The maximum absolute atomic E-state index is 10.1. The standard InChI is InChI=1S/C9H8BrO/c10-9-5-1-3-8(7-9)4-2-6-11/h1-5,7H,6H2/b4-2+. The summed E-state index contributed by atoms with van der Waals surface area (Å²) in [5, 5.41) is 10.1. The first kappa shape index (κ1) is 8.50. The Kier molecular flexibility index (Phi) is 3.33. The Balaban J connectivity index is 2.79. The van der Waals surface area contributed by atoms with Crippen molar-refractivity contribution in [3.05, 3.63) is 40.4 Å². The zero-order valence-corrected chi connectivity index (χ0v) is 7.54. The molecule has 0 amide bonds. The van der Waals surface area contributed by atoms with Crippen molar-refractivity contribution < 1.29 is 5.11 Å². The molecule has 0 N–H and O–H groups in total. The van der Waals surface area contributed by atoms with Crippen LogP contribution in [0.25, 0.3) is 6.08 Å². The summed E-state index contributed by atoms with van der Waals surface area (Å²) in [6, 6.07) is 7.81. The van der Waals surface area contributed by atoms with Gasteiger partial charge in [0.1, 0.15) is 6.61 Å². The highest BCUT2D eigenvalue weighted by atomic mass is 79.9. The van der Waals surface area contributed by atoms with Gasteiger partial charge in [-0.05, 0) is 17.7 Å². The van der Waals surface area contributed by atoms with Crippen molar-refractivity contribution in [2.24, 2.45) is 0 Å². The van der Waals surface area contributed by atoms with E-state index in [0.717, 1.165) is 10.0 Å². The second-order valence-corrected chi connectivity index (χ2v) is 3.04. The lowest BCUT2D eigenvalue weighted by Gasteiger charge is -1.92. The molecule has 1 radical (unpaired) electrons. The van der Waals surface area contributed by atoms with Gasteiger partial charge in [-0.15, -0.1) is 0 Å². The highest BCUT2D eigenvalue weighted by Crippen LogP contribution is 2.12. The van der Waals surface area contributed by atoms with Crippen LogP contribution < -0.4 is 0 Å². The highest BCUT2D eigenvalue weighted by Gasteiger charge is 1.86. The fourth-order valence-electron chi connectivity index (χ4n) is 0.794. The van der Waals surface area contributed by atoms with E-state index in [2.05, 4.69) is 15.9 Å². The molecule has 0 aliphatic heterocycles. The molecule has 0 heterocycles. The van der Waals surface area contributed by atoms with Crippen LogP contribution in [0.2, 0.25) is 0 Å². The molecule has 57 valence electrons. The Morgan fingerprint density at radius 2 is 2.27 bits per heavy atom. The van der Waals surface area contributed by atoms with Crippen LogP contribution in [-0.2, 0) is 5.11 Å². The molecule has 2 heteroatoms. The molecular weight excluding hydrogens is 204 g/mol. The van der Waals surface area contributed by atoms with Gasteiger partial charge in [-0.25, -0.2) is 5.11 Å². The summed E-state index contributed by atoms with van der Waals surface area (Å²) in [6.07, 6.45) is 3.42. The molecule has 1 aromatic carbocycles. The predicted molar refractivity (Wildman–Crippen MR) is 48.7 cm³/mol. The lowest BCUT2D eigenvalue weighted by Crippen LogP contribution is -1.72. The van der Waals surface area contributed by atoms with Gasteiger partial charge < -0.3 is 0 Å². The minimum absolute atomic E-state index is 0.160. The van der Waals surface area contributed by atoms with Crippen LogP contribution in [0.3, 0.4) is 0 Å². The summed E-state index contributed by atoms with van der Waals surface area (Å²) in [4.78, 5) is 0. The number of benzene rings is 1. The topological polar surface area (TPSA) is 19.9 Å². The van der Waals surface area contributed by atoms with Crippen LogP contribution in [0.4, 0.5) is 0 Å². The van der Waals surface area contributed by atoms with E-state index in [0.29, 0.717) is 0 Å². The van der Waals surface area contributed by atoms with Crippen molar-refractivity contribution in [3.8, 4) is 0 Å². The Labute approximate surface area is 74.5 Å². The van der Waals surface area contributed by atoms with E-state index in [1.54, 1.807) is 6.08 Å². The van der Waals surface area contributed by atoms with Gasteiger partial charge in [-0.3, -0.25) is 0 Å². The smallest absolute Gasteiger partial charge is 0.101 e. The first-order valence-corrected chi connectivity index (χ1v) is 4.12. The Morgan fingerprint density at radius 1 is 1.45 bits per heavy atom. The lowest BCUT2D eigenvalue weighted by molar-refractivity contribution is 0.233. The summed E-state index contributed by atoms with van der Waals surface area (Å²) in [5.41, 5.74) is 1.05. The summed E-state index contributed by atoms with van der Waals surface area (Å²) >= 11 is 3.34. The molecule has 1 nitrogen and oxygen atoms in total. The van der Waals surface area contributed by atoms with Gasteiger partial charge in [0, 0.05) is 4.47 Å². The van der Waals surface area contributed by atoms with E-state index >= 15 is 0 Å². The molecule has 1 aromatic rings. The first-order valence-electron chi connectivity index (χ1n) is 3.33. The van der Waals surface area contributed by atoms with E-state index in [1.165, 1.54) is 0 Å². The van der Waals surface area contributed by atoms with Crippen molar-refractivity contribution in [3.63, 3.8) is 0 Å². The molecule has 0 bridgehead atoms. The van der Waals surface area contributed by atoms with Gasteiger partial charge >= 0.3 is 0 Å². The molecule has 0 spiro atoms. The fraction of sp³-hybridized carbons (Fsp3) is 0.111. The van der Waals surface area contributed by atoms with E-state index in [-0.39, 0.29) is 6.61 Å². The SMILES string of the molecule is [O]C/C=C/c1cccc(Br)c1. The van der Waals surface area contributed by atoms with Crippen LogP contribution in [0.1, 0.15) is 5.56 Å². The van der Waals surface area contributed by atoms with Gasteiger partial charge in [0.05, 0.1) is 0 Å². The van der Waals surface area contributed by atoms with Crippen molar-refractivity contribution >= 4 is 22.0 Å². The van der Waals surface area contributed by atoms with Gasteiger partial charge in [0.15, 0.2) is 0 Å². The van der Waals surface area contributed by atoms with E-state index in [9.17, 15) is 5.11 Å². The molecular formula is C9H8BrO. The van der Waals surface area contributed by atoms with Crippen molar-refractivity contribution in [2.75, 3.05) is 6.61 Å². The predicted octanol–water partition coefficient (Wildman–Crippen LogP) is 2.89. The van der Waals surface area contributed by atoms with Gasteiger partial charge in [0.25, 0.3) is 0 Å². The quantitative estimate of drug-likeness (QED) is 0.718. The molecule has 0 unspecified atom stereocenters. The minimum Gasteiger partial charge on any atom is -0.232 e. The number of rotatable bonds is 2. The monoisotopic (exact) mass is 211 g/mol. The molecule has 11 heavy (non-hydrogen) atoms. The third-order valence-corrected chi connectivity index (χ3v) is 1.75. The highest BCUT2D eigenvalue weighted by molar-refractivity contribution is 9.10. The molecule has 0 fully saturated rings. The van der Waals surface area contributed by atoms with Crippen molar-refractivity contribution in [1.82, 2.24) is 0 Å². The van der Waals surface area contributed by atoms with E-state index < -0.39 is 0 Å². The van der Waals surface area contributed by atoms with Crippen LogP contribution in [-0.4, -0.2) is 6.61 Å². The van der Waals surface area contributed by atoms with Crippen molar-refractivity contribution in [1.29, 1.82) is 0 Å². The number of halogens is 1. The van der Waals surface area contributed by atoms with Gasteiger partial charge in [-0.1, -0.05) is 40.2 Å². The normalized spacial score (nSPS) is 10.7. The minimum atomic E-state index is -0.160. The van der Waals surface area contributed by atoms with Crippen LogP contribution >= 0.6 is 15.9 Å². The first-order chi connectivity index (χ1) is 5.33. The molecule has 0 aliphatic rings. The molecule has 0 saturated carbocycles.